The number of likely N-dealkylation sites (tertiary alicyclic amines) is 1. The van der Waals surface area contributed by atoms with E-state index in [-0.39, 0.29) is 5.92 Å². The van der Waals surface area contributed by atoms with Crippen LogP contribution in [0, 0.1) is 5.92 Å². The molecule has 2 aromatic rings. The molecular weight excluding hydrogens is 375 g/mol. The highest BCUT2D eigenvalue weighted by Crippen LogP contribution is 2.26. The van der Waals surface area contributed by atoms with Crippen molar-refractivity contribution in [1.29, 1.82) is 0 Å². The fraction of sp³-hybridized carbons (Fsp3) is 0.611. The molecule has 0 amide bonds. The third-order valence-electron chi connectivity index (χ3n) is 5.43. The van der Waals surface area contributed by atoms with Gasteiger partial charge in [0.05, 0.1) is 18.6 Å². The normalized spacial score (nSPS) is 19.0. The summed E-state index contributed by atoms with van der Waals surface area (Å²) in [6.07, 6.45) is 0.0966. The molecule has 2 aliphatic rings. The van der Waals surface area contributed by atoms with Crippen LogP contribution in [0.3, 0.4) is 0 Å². The molecule has 0 saturated carbocycles. The van der Waals surface area contributed by atoms with Crippen LogP contribution in [0.1, 0.15) is 30.1 Å². The van der Waals surface area contributed by atoms with Crippen molar-refractivity contribution in [3.8, 4) is 0 Å². The van der Waals surface area contributed by atoms with Crippen molar-refractivity contribution >= 4 is 0 Å². The molecule has 1 fully saturated rings. The largest absolute Gasteiger partial charge is 0.433 e. The van der Waals surface area contributed by atoms with Crippen molar-refractivity contribution in [1.82, 2.24) is 24.0 Å². The Morgan fingerprint density at radius 3 is 2.68 bits per heavy atom. The van der Waals surface area contributed by atoms with Crippen LogP contribution in [0.25, 0.3) is 0 Å². The Hall–Kier alpha value is -2.20. The molecule has 0 bridgehead atoms. The Morgan fingerprint density at radius 2 is 1.96 bits per heavy atom. The summed E-state index contributed by atoms with van der Waals surface area (Å²) in [4.78, 5) is 22.1. The number of alkyl halides is 3. The van der Waals surface area contributed by atoms with E-state index >= 15 is 0 Å². The predicted molar refractivity (Wildman–Crippen MR) is 93.4 cm³/mol. The molecule has 0 N–H and O–H groups in total. The lowest BCUT2D eigenvalue weighted by molar-refractivity contribution is -0.141. The molecule has 2 aromatic heterocycles. The highest BCUT2D eigenvalue weighted by Gasteiger charge is 2.33. The summed E-state index contributed by atoms with van der Waals surface area (Å²) in [5, 5.41) is 0. The van der Waals surface area contributed by atoms with Crippen LogP contribution in [-0.2, 0) is 37.2 Å². The molecule has 2 aliphatic heterocycles. The van der Waals surface area contributed by atoms with Crippen molar-refractivity contribution in [3.05, 3.63) is 46.2 Å². The number of nitrogens with zero attached hydrogens (tertiary/aromatic N) is 5. The summed E-state index contributed by atoms with van der Waals surface area (Å²) in [5.74, 6) is 1.21. The second kappa shape index (κ2) is 7.67. The van der Waals surface area contributed by atoms with Gasteiger partial charge >= 0.3 is 6.18 Å². The van der Waals surface area contributed by atoms with Gasteiger partial charge in [0.15, 0.2) is 5.69 Å². The van der Waals surface area contributed by atoms with Crippen molar-refractivity contribution in [3.63, 3.8) is 0 Å². The average Bonchev–Trinajstić information content (AvgIpc) is 3.07. The van der Waals surface area contributed by atoms with Gasteiger partial charge in [0.1, 0.15) is 12.4 Å². The molecule has 0 aromatic carbocycles. The molecule has 4 heterocycles. The first-order chi connectivity index (χ1) is 13.4. The number of hydrogen-bond acceptors (Lipinski definition) is 5. The van der Waals surface area contributed by atoms with Gasteiger partial charge in [-0.3, -0.25) is 14.3 Å². The fourth-order valence-electron chi connectivity index (χ4n) is 3.84. The minimum atomic E-state index is -4.59. The summed E-state index contributed by atoms with van der Waals surface area (Å²) >= 11 is 0. The summed E-state index contributed by atoms with van der Waals surface area (Å²) in [7, 11) is 0. The number of hydrogen-bond donors (Lipinski definition) is 0. The highest BCUT2D eigenvalue weighted by atomic mass is 19.4. The van der Waals surface area contributed by atoms with Gasteiger partial charge in [-0.1, -0.05) is 0 Å². The lowest BCUT2D eigenvalue weighted by Crippen LogP contribution is -2.36. The van der Waals surface area contributed by atoms with E-state index in [0.29, 0.717) is 25.8 Å². The standard InChI is InChI=1S/C18H22F3N5O2/c19-18(20,21)15-7-17(27)25(12-23-15)9-13-1-3-24(4-2-13)10-14-8-22-16-11-28-6-5-26(14)16/h7-8,12-13H,1-6,9-11H2. The molecule has 1 saturated heterocycles. The predicted octanol–water partition coefficient (Wildman–Crippen LogP) is 1.90. The Morgan fingerprint density at radius 1 is 1.18 bits per heavy atom. The van der Waals surface area contributed by atoms with Crippen LogP contribution < -0.4 is 5.56 Å². The monoisotopic (exact) mass is 397 g/mol. The van der Waals surface area contributed by atoms with Crippen molar-refractivity contribution < 1.29 is 17.9 Å². The van der Waals surface area contributed by atoms with E-state index in [1.807, 2.05) is 6.20 Å². The number of ether oxygens (including phenoxy) is 1. The van der Waals surface area contributed by atoms with Crippen molar-refractivity contribution in [2.75, 3.05) is 19.7 Å². The SMILES string of the molecule is O=c1cc(C(F)(F)F)ncn1CC1CCN(Cc2cnc3n2CCOC3)CC1. The van der Waals surface area contributed by atoms with Gasteiger partial charge in [0, 0.05) is 31.9 Å². The van der Waals surface area contributed by atoms with Crippen LogP contribution in [0.15, 0.2) is 23.4 Å². The van der Waals surface area contributed by atoms with E-state index < -0.39 is 17.4 Å². The molecule has 0 atom stereocenters. The second-order valence-corrected chi connectivity index (χ2v) is 7.35. The Kier molecular flexibility index (Phi) is 5.24. The number of piperidine rings is 1. The smallest absolute Gasteiger partial charge is 0.372 e. The second-order valence-electron chi connectivity index (χ2n) is 7.35. The van der Waals surface area contributed by atoms with E-state index in [4.69, 9.17) is 4.74 Å². The van der Waals surface area contributed by atoms with Crippen molar-refractivity contribution in [2.24, 2.45) is 5.92 Å². The van der Waals surface area contributed by atoms with Crippen LogP contribution in [-0.4, -0.2) is 43.7 Å². The van der Waals surface area contributed by atoms with Gasteiger partial charge in [-0.15, -0.1) is 0 Å². The number of imidazole rings is 1. The zero-order valence-corrected chi connectivity index (χ0v) is 15.4. The van der Waals surface area contributed by atoms with Crippen LogP contribution >= 0.6 is 0 Å². The maximum absolute atomic E-state index is 12.6. The van der Waals surface area contributed by atoms with Gasteiger partial charge in [0.25, 0.3) is 5.56 Å². The number of aromatic nitrogens is 4. The van der Waals surface area contributed by atoms with Gasteiger partial charge < -0.3 is 9.30 Å². The molecule has 0 unspecified atom stereocenters. The Bertz CT molecular complexity index is 884. The van der Waals surface area contributed by atoms with E-state index in [2.05, 4.69) is 19.4 Å². The minimum absolute atomic E-state index is 0.250. The molecule has 7 nitrogen and oxygen atoms in total. The quantitative estimate of drug-likeness (QED) is 0.789. The van der Waals surface area contributed by atoms with Crippen molar-refractivity contribution in [2.45, 2.75) is 45.3 Å². The first-order valence-electron chi connectivity index (χ1n) is 9.37. The number of fused-ring (bicyclic) bond motifs is 1. The molecule has 152 valence electrons. The zero-order chi connectivity index (χ0) is 19.7. The zero-order valence-electron chi connectivity index (χ0n) is 15.4. The van der Waals surface area contributed by atoms with E-state index in [0.717, 1.165) is 51.2 Å². The number of halogens is 3. The molecule has 0 spiro atoms. The van der Waals surface area contributed by atoms with E-state index in [9.17, 15) is 18.0 Å². The Labute approximate surface area is 159 Å². The highest BCUT2D eigenvalue weighted by molar-refractivity contribution is 5.07. The fourth-order valence-corrected chi connectivity index (χ4v) is 3.84. The summed E-state index contributed by atoms with van der Waals surface area (Å²) in [6.45, 7) is 5.06. The molecule has 10 heteroatoms. The van der Waals surface area contributed by atoms with E-state index in [1.165, 1.54) is 10.3 Å². The lowest BCUT2D eigenvalue weighted by Gasteiger charge is -2.32. The molecular formula is C18H22F3N5O2. The maximum atomic E-state index is 12.6. The molecule has 28 heavy (non-hydrogen) atoms. The van der Waals surface area contributed by atoms with Gasteiger partial charge in [0.2, 0.25) is 0 Å². The molecule has 0 radical (unpaired) electrons. The van der Waals surface area contributed by atoms with Gasteiger partial charge in [-0.25, -0.2) is 9.97 Å². The lowest BCUT2D eigenvalue weighted by atomic mass is 9.96. The third kappa shape index (κ3) is 4.12. The minimum Gasteiger partial charge on any atom is -0.372 e. The van der Waals surface area contributed by atoms with Crippen LogP contribution in [0.2, 0.25) is 0 Å². The van der Waals surface area contributed by atoms with E-state index in [1.54, 1.807) is 0 Å². The average molecular weight is 397 g/mol. The van der Waals surface area contributed by atoms with Crippen LogP contribution in [0.4, 0.5) is 13.2 Å². The molecule has 4 rings (SSSR count). The first kappa shape index (κ1) is 19.1. The van der Waals surface area contributed by atoms with Gasteiger partial charge in [-0.05, 0) is 31.8 Å². The maximum Gasteiger partial charge on any atom is 0.433 e. The summed E-state index contributed by atoms with van der Waals surface area (Å²) in [5.41, 5.74) is -0.615. The topological polar surface area (TPSA) is 65.2 Å². The van der Waals surface area contributed by atoms with Gasteiger partial charge in [-0.2, -0.15) is 13.2 Å². The van der Waals surface area contributed by atoms with Crippen LogP contribution in [0.5, 0.6) is 0 Å². The Balaban J connectivity index is 1.32. The number of rotatable bonds is 4. The molecule has 0 aliphatic carbocycles. The third-order valence-corrected chi connectivity index (χ3v) is 5.43. The first-order valence-corrected chi connectivity index (χ1v) is 9.37. The summed E-state index contributed by atoms with van der Waals surface area (Å²) < 4.78 is 46.8. The summed E-state index contributed by atoms with van der Waals surface area (Å²) in [6, 6.07) is 0.571.